The van der Waals surface area contributed by atoms with E-state index in [1.165, 1.54) is 30.3 Å². The summed E-state index contributed by atoms with van der Waals surface area (Å²) < 4.78 is 382. The third kappa shape index (κ3) is 20.5. The highest BCUT2D eigenvalue weighted by atomic mass is 35.7. The van der Waals surface area contributed by atoms with Crippen molar-refractivity contribution in [1.29, 1.82) is 0 Å². The molecule has 0 aliphatic heterocycles. The largest absolute Gasteiger partial charge is 0.424 e. The van der Waals surface area contributed by atoms with Gasteiger partial charge in [0.05, 0.1) is 62.6 Å². The lowest BCUT2D eigenvalue weighted by Gasteiger charge is -2.27. The maximum absolute atomic E-state index is 17.1. The summed E-state index contributed by atoms with van der Waals surface area (Å²) in [5.41, 5.74) is -13.8. The smallest absolute Gasteiger partial charge is 0.417 e. The molecule has 0 bridgehead atoms. The summed E-state index contributed by atoms with van der Waals surface area (Å²) in [5, 5.41) is -6.98. The summed E-state index contributed by atoms with van der Waals surface area (Å²) in [7, 11) is -9.23. The number of aryl methyl sites for hydroxylation is 1. The van der Waals surface area contributed by atoms with Gasteiger partial charge in [-0.1, -0.05) is 90.1 Å². The van der Waals surface area contributed by atoms with Gasteiger partial charge in [0.15, 0.2) is 18.8 Å². The molecule has 2 heterocycles. The van der Waals surface area contributed by atoms with Crippen molar-refractivity contribution >= 4 is 52.2 Å². The van der Waals surface area contributed by atoms with Crippen LogP contribution in [0.3, 0.4) is 0 Å². The van der Waals surface area contributed by atoms with Crippen LogP contribution < -0.4 is 45.5 Å². The highest BCUT2D eigenvalue weighted by molar-refractivity contribution is 7.95. The SMILES string of the molecule is Cc1cc(C(F)(F)F)ccc1P(=O)(c1cc(C(F)(F)F)ccc1C(F)(F)F)c1c(F)ccc(-c2nc(Oc3ccccc3)nc(Oc3ccccc3)n2)c1F.FC(F)(F)c1ccc(C(F)(F)F)c(P(Cl)c2ccc(C(F)(F)F)cc2C(F)(F)F)c1.Fc1ccc(-c2nc(Oc3ccccc3)nc(Oc3ccccc3)n2)c(F)c1.[2HH]. The molecule has 39 heteroatoms. The van der Waals surface area contributed by atoms with Crippen molar-refractivity contribution in [2.75, 3.05) is 0 Å². The van der Waals surface area contributed by atoms with Crippen molar-refractivity contribution < 1.29 is 135 Å². The predicted molar refractivity (Wildman–Crippen MR) is 363 cm³/mol. The number of para-hydroxylation sites is 4. The van der Waals surface area contributed by atoms with Crippen molar-refractivity contribution in [3.8, 4) is 69.8 Å². The Bertz CT molecular complexity index is 5340. The first-order chi connectivity index (χ1) is 52.8. The minimum atomic E-state index is -5.94. The summed E-state index contributed by atoms with van der Waals surface area (Å²) in [5.74, 6) is -4.73. The molecule has 0 aliphatic carbocycles. The quantitative estimate of drug-likeness (QED) is 0.0718. The molecule has 0 N–H and O–H groups in total. The average Bonchev–Trinajstić information content (AvgIpc) is 0.717. The summed E-state index contributed by atoms with van der Waals surface area (Å²) in [6.07, 6.45) is -37.1. The molecular weight excluding hydrogens is 1630 g/mol. The molecule has 2 unspecified atom stereocenters. The summed E-state index contributed by atoms with van der Waals surface area (Å²) in [4.78, 5) is 24.5. The Morgan fingerprint density at radius 3 is 1.10 bits per heavy atom. The Kier molecular flexibility index (Phi) is 24.6. The zero-order chi connectivity index (χ0) is 82.6. The minimum Gasteiger partial charge on any atom is -0.424 e. The van der Waals surface area contributed by atoms with Gasteiger partial charge in [-0.05, 0) is 152 Å². The minimum absolute atomic E-state index is 0. The molecule has 590 valence electrons. The van der Waals surface area contributed by atoms with Gasteiger partial charge in [-0.15, -0.1) is 9.97 Å². The standard InChI is InChI=1S/C37H21F11N3O3P.C21H13F2N3O2.C16H6ClF12P.H2/c1-20-18-21(35(40,41)42)13-17-28(20)55(52,29-19-22(36(43,44)45)12-15-26(29)37(46,47)48)31-27(38)16-14-25(30(31)39)32-49-33(53-23-8-4-2-5-9-23)51-34(50-32)54-24-10-6-3-7-11-24;22-14-11-12-17(18(23)13-14)19-24-20(27-15-7-3-1-4-8-15)26-21(25-19)28-16-9-5-2-6-10-16;17-30(11-4-2-7(13(18,19)20)5-10(11)16(27,28)29)12-6-8(14(21,22)23)1-3-9(12)15(24,25)26;/h2-19H,1H3;1-13H;1-6H;1H/i;;;1+1. The monoisotopic (exact) mass is 1670 g/mol. The number of alkyl halides is 21. The van der Waals surface area contributed by atoms with E-state index in [1.54, 1.807) is 84.9 Å². The van der Waals surface area contributed by atoms with Crippen molar-refractivity contribution in [3.05, 3.63) is 292 Å². The Balaban J connectivity index is 0.000000213. The third-order valence-electron chi connectivity index (χ3n) is 15.3. The van der Waals surface area contributed by atoms with Crippen molar-refractivity contribution in [2.45, 2.75) is 50.2 Å². The molecule has 2 atom stereocenters. The van der Waals surface area contributed by atoms with Crippen LogP contribution in [-0.4, -0.2) is 29.9 Å². The van der Waals surface area contributed by atoms with Crippen LogP contribution in [0.2, 0.25) is 0 Å². The summed E-state index contributed by atoms with van der Waals surface area (Å²) in [6.45, 7) is 0.851. The number of hydrogen-bond donors (Lipinski definition) is 0. The molecule has 0 saturated heterocycles. The Labute approximate surface area is 626 Å². The highest BCUT2D eigenvalue weighted by Crippen LogP contribution is 2.53. The van der Waals surface area contributed by atoms with E-state index in [4.69, 9.17) is 30.2 Å². The lowest BCUT2D eigenvalue weighted by Crippen LogP contribution is -2.35. The first-order valence-electron chi connectivity index (χ1n) is 31.3. The fraction of sp³-hybridized carbons (Fsp3) is 0.108. The molecule has 11 nitrogen and oxygen atoms in total. The highest BCUT2D eigenvalue weighted by Gasteiger charge is 2.48. The second kappa shape index (κ2) is 33.1. The normalized spacial score (nSPS) is 13.0. The number of aromatic nitrogens is 6. The molecule has 0 saturated carbocycles. The lowest BCUT2D eigenvalue weighted by molar-refractivity contribution is -0.143. The fourth-order valence-electron chi connectivity index (χ4n) is 10.3. The van der Waals surface area contributed by atoms with Crippen LogP contribution >= 0.6 is 25.7 Å². The van der Waals surface area contributed by atoms with E-state index in [0.717, 1.165) is 19.1 Å². The summed E-state index contributed by atoms with van der Waals surface area (Å²) >= 11 is 5.76. The lowest BCUT2D eigenvalue weighted by atomic mass is 10.1. The van der Waals surface area contributed by atoms with Crippen LogP contribution in [0.4, 0.5) is 110 Å². The molecule has 10 aromatic carbocycles. The van der Waals surface area contributed by atoms with Crippen LogP contribution in [0.1, 0.15) is 45.9 Å². The van der Waals surface area contributed by atoms with E-state index in [2.05, 4.69) is 29.9 Å². The molecular formula is C74H42ClF25N6O5P2. The van der Waals surface area contributed by atoms with Gasteiger partial charge in [0.2, 0.25) is 0 Å². The zero-order valence-electron chi connectivity index (χ0n) is 55.8. The van der Waals surface area contributed by atoms with Gasteiger partial charge in [0.25, 0.3) is 0 Å². The number of hydrogen-bond acceptors (Lipinski definition) is 11. The van der Waals surface area contributed by atoms with Gasteiger partial charge < -0.3 is 23.5 Å². The Morgan fingerprint density at radius 2 is 0.699 bits per heavy atom. The molecule has 113 heavy (non-hydrogen) atoms. The Hall–Kier alpha value is -11.4. The van der Waals surface area contributed by atoms with E-state index in [1.807, 2.05) is 12.1 Å². The van der Waals surface area contributed by atoms with E-state index < -0.39 is 175 Å². The number of halogens is 26. The van der Waals surface area contributed by atoms with Gasteiger partial charge in [-0.25, -0.2) is 17.6 Å². The number of nitrogens with zero attached hydrogens (tertiary/aromatic N) is 6. The molecule has 0 aliphatic rings. The van der Waals surface area contributed by atoms with Gasteiger partial charge >= 0.3 is 67.3 Å². The molecule has 12 rings (SSSR count). The van der Waals surface area contributed by atoms with E-state index >= 15 is 13.3 Å². The number of ether oxygens (including phenoxy) is 4. The molecule has 12 aromatic rings. The van der Waals surface area contributed by atoms with Crippen LogP contribution in [0.5, 0.6) is 47.0 Å². The van der Waals surface area contributed by atoms with Gasteiger partial charge in [-0.3, -0.25) is 0 Å². The number of rotatable bonds is 15. The average molecular weight is 1670 g/mol. The molecule has 0 radical (unpaired) electrons. The molecule has 0 fully saturated rings. The van der Waals surface area contributed by atoms with Crippen LogP contribution in [0.15, 0.2) is 224 Å². The van der Waals surface area contributed by atoms with E-state index in [9.17, 15) is 101 Å². The molecule has 0 amide bonds. The topological polar surface area (TPSA) is 131 Å². The van der Waals surface area contributed by atoms with Crippen molar-refractivity contribution in [3.63, 3.8) is 0 Å². The second-order valence-corrected chi connectivity index (χ2v) is 28.2. The fourth-order valence-corrected chi connectivity index (χ4v) is 15.9. The first kappa shape index (κ1) is 84.1. The summed E-state index contributed by atoms with van der Waals surface area (Å²) in [6, 6.07) is 37.1. The molecule has 0 spiro atoms. The third-order valence-corrected chi connectivity index (χ3v) is 21.3. The first-order valence-corrected chi connectivity index (χ1v) is 35.2. The van der Waals surface area contributed by atoms with E-state index in [-0.39, 0.29) is 97.0 Å². The molecule has 2 aromatic heterocycles. The van der Waals surface area contributed by atoms with Crippen LogP contribution in [0.25, 0.3) is 22.8 Å². The van der Waals surface area contributed by atoms with E-state index in [0.29, 0.717) is 35.8 Å². The van der Waals surface area contributed by atoms with Crippen LogP contribution in [0, 0.1) is 30.2 Å². The predicted octanol–water partition coefficient (Wildman–Crippen LogP) is 23.4. The zero-order valence-corrected chi connectivity index (χ0v) is 58.4. The van der Waals surface area contributed by atoms with Crippen molar-refractivity contribution in [1.82, 2.24) is 29.9 Å². The van der Waals surface area contributed by atoms with Gasteiger partial charge in [0, 0.05) is 28.7 Å². The maximum Gasteiger partial charge on any atom is 0.417 e. The second-order valence-electron chi connectivity index (χ2n) is 23.1. The van der Waals surface area contributed by atoms with Crippen LogP contribution in [-0.2, 0) is 47.8 Å². The van der Waals surface area contributed by atoms with Crippen molar-refractivity contribution in [2.24, 2.45) is 0 Å². The maximum atomic E-state index is 17.1. The number of benzene rings is 10. The van der Waals surface area contributed by atoms with Gasteiger partial charge in [-0.2, -0.15) is 112 Å². The van der Waals surface area contributed by atoms with Gasteiger partial charge in [0.1, 0.15) is 46.3 Å². The Morgan fingerprint density at radius 1 is 0.336 bits per heavy atom.